The summed E-state index contributed by atoms with van der Waals surface area (Å²) < 4.78 is 40.1. The topological polar surface area (TPSA) is 85.4 Å². The van der Waals surface area contributed by atoms with Gasteiger partial charge in [-0.15, -0.1) is 13.2 Å². The first-order chi connectivity index (χ1) is 8.24. The Morgan fingerprint density at radius 3 is 2.61 bits per heavy atom. The number of hydrogen-bond acceptors (Lipinski definition) is 4. The Kier molecular flexibility index (Phi) is 4.73. The summed E-state index contributed by atoms with van der Waals surface area (Å²) in [7, 11) is 0. The summed E-state index contributed by atoms with van der Waals surface area (Å²) >= 11 is 1.62. The standard InChI is InChI=1S/C9H8F3IN2O3/c10-9(11,12)18-6-3-15-5(1-7(16)17)4(2-14)8(6)13/h3H,1-2,14H2,(H,16,17). The maximum Gasteiger partial charge on any atom is 0.573 e. The molecule has 18 heavy (non-hydrogen) atoms. The lowest BCUT2D eigenvalue weighted by Gasteiger charge is -2.14. The highest BCUT2D eigenvalue weighted by molar-refractivity contribution is 14.1. The fourth-order valence-electron chi connectivity index (χ4n) is 1.25. The Morgan fingerprint density at radius 1 is 1.56 bits per heavy atom. The molecule has 0 atom stereocenters. The van der Waals surface area contributed by atoms with Crippen molar-refractivity contribution in [1.29, 1.82) is 0 Å². The van der Waals surface area contributed by atoms with Gasteiger partial charge >= 0.3 is 12.3 Å². The van der Waals surface area contributed by atoms with Crippen LogP contribution in [0.15, 0.2) is 6.20 Å². The summed E-state index contributed by atoms with van der Waals surface area (Å²) in [4.78, 5) is 14.2. The van der Waals surface area contributed by atoms with Crippen LogP contribution in [0.5, 0.6) is 5.75 Å². The minimum absolute atomic E-state index is 0.110. The molecule has 3 N–H and O–H groups in total. The molecule has 0 amide bonds. The quantitative estimate of drug-likeness (QED) is 0.782. The predicted octanol–water partition coefficient (Wildman–Crippen LogP) is 1.67. The molecule has 0 radical (unpaired) electrons. The summed E-state index contributed by atoms with van der Waals surface area (Å²) in [6, 6.07) is 0. The molecular formula is C9H8F3IN2O3. The number of rotatable bonds is 4. The first kappa shape index (κ1) is 15.0. The number of ether oxygens (including phenoxy) is 1. The van der Waals surface area contributed by atoms with Crippen molar-refractivity contribution in [1.82, 2.24) is 4.98 Å². The SMILES string of the molecule is NCc1c(CC(=O)O)ncc(OC(F)(F)F)c1I. The number of carboxylic acid groups (broad SMARTS) is 1. The van der Waals surface area contributed by atoms with Crippen molar-refractivity contribution in [2.24, 2.45) is 5.73 Å². The first-order valence-electron chi connectivity index (χ1n) is 4.58. The third kappa shape index (κ3) is 3.98. The van der Waals surface area contributed by atoms with Crippen molar-refractivity contribution in [3.05, 3.63) is 21.0 Å². The fourth-order valence-corrected chi connectivity index (χ4v) is 2.03. The van der Waals surface area contributed by atoms with Crippen molar-refractivity contribution in [3.63, 3.8) is 0 Å². The molecule has 9 heteroatoms. The van der Waals surface area contributed by atoms with Crippen molar-refractivity contribution in [3.8, 4) is 5.75 Å². The lowest BCUT2D eigenvalue weighted by molar-refractivity contribution is -0.275. The van der Waals surface area contributed by atoms with Gasteiger partial charge in [0.25, 0.3) is 0 Å². The Bertz CT molecular complexity index is 465. The highest BCUT2D eigenvalue weighted by Gasteiger charge is 2.32. The second kappa shape index (κ2) is 5.69. The van der Waals surface area contributed by atoms with Gasteiger partial charge in [0, 0.05) is 12.1 Å². The lowest BCUT2D eigenvalue weighted by Crippen LogP contribution is -2.20. The normalized spacial score (nSPS) is 11.4. The summed E-state index contributed by atoms with van der Waals surface area (Å²) in [5.74, 6) is -1.63. The number of nitrogens with zero attached hydrogens (tertiary/aromatic N) is 1. The van der Waals surface area contributed by atoms with Gasteiger partial charge in [0.15, 0.2) is 5.75 Å². The van der Waals surface area contributed by atoms with E-state index in [2.05, 4.69) is 9.72 Å². The van der Waals surface area contributed by atoms with E-state index in [1.54, 1.807) is 22.6 Å². The van der Waals surface area contributed by atoms with E-state index in [9.17, 15) is 18.0 Å². The summed E-state index contributed by atoms with van der Waals surface area (Å²) in [6.07, 6.45) is -4.40. The van der Waals surface area contributed by atoms with Crippen LogP contribution in [0.1, 0.15) is 11.3 Å². The van der Waals surface area contributed by atoms with Crippen molar-refractivity contribution in [2.45, 2.75) is 19.3 Å². The van der Waals surface area contributed by atoms with Crippen LogP contribution < -0.4 is 10.5 Å². The maximum absolute atomic E-state index is 12.1. The number of nitrogens with two attached hydrogens (primary N) is 1. The zero-order valence-corrected chi connectivity index (χ0v) is 10.9. The lowest BCUT2D eigenvalue weighted by atomic mass is 10.1. The van der Waals surface area contributed by atoms with Crippen molar-refractivity contribution < 1.29 is 27.8 Å². The van der Waals surface area contributed by atoms with Gasteiger partial charge in [0.05, 0.1) is 21.9 Å². The van der Waals surface area contributed by atoms with Crippen LogP contribution in [-0.4, -0.2) is 22.4 Å². The molecule has 0 aliphatic heterocycles. The molecule has 0 unspecified atom stereocenters. The highest BCUT2D eigenvalue weighted by Crippen LogP contribution is 2.30. The molecule has 0 saturated heterocycles. The van der Waals surface area contributed by atoms with Gasteiger partial charge in [0.2, 0.25) is 0 Å². The molecule has 1 rings (SSSR count). The van der Waals surface area contributed by atoms with E-state index in [-0.39, 0.29) is 21.4 Å². The van der Waals surface area contributed by atoms with Gasteiger partial charge < -0.3 is 15.6 Å². The number of hydrogen-bond donors (Lipinski definition) is 2. The van der Waals surface area contributed by atoms with Gasteiger partial charge in [-0.25, -0.2) is 0 Å². The zero-order chi connectivity index (χ0) is 13.9. The molecule has 0 bridgehead atoms. The Hall–Kier alpha value is -1.10. The van der Waals surface area contributed by atoms with Crippen LogP contribution in [0.25, 0.3) is 0 Å². The number of pyridine rings is 1. The van der Waals surface area contributed by atoms with E-state index in [0.717, 1.165) is 6.20 Å². The predicted molar refractivity (Wildman–Crippen MR) is 62.9 cm³/mol. The molecule has 0 aliphatic rings. The van der Waals surface area contributed by atoms with Crippen LogP contribution in [0.3, 0.4) is 0 Å². The Balaban J connectivity index is 3.15. The highest BCUT2D eigenvalue weighted by atomic mass is 127. The first-order valence-corrected chi connectivity index (χ1v) is 5.66. The maximum atomic E-state index is 12.1. The monoisotopic (exact) mass is 376 g/mol. The van der Waals surface area contributed by atoms with Crippen LogP contribution in [-0.2, 0) is 17.8 Å². The second-order valence-corrected chi connectivity index (χ2v) is 4.26. The van der Waals surface area contributed by atoms with Gasteiger partial charge in [0.1, 0.15) is 0 Å². The minimum Gasteiger partial charge on any atom is -0.481 e. The second-order valence-electron chi connectivity index (χ2n) is 3.18. The molecule has 0 saturated carbocycles. The van der Waals surface area contributed by atoms with E-state index in [1.165, 1.54) is 0 Å². The van der Waals surface area contributed by atoms with E-state index in [0.29, 0.717) is 0 Å². The third-order valence-corrected chi connectivity index (χ3v) is 3.10. The van der Waals surface area contributed by atoms with E-state index in [4.69, 9.17) is 10.8 Å². The van der Waals surface area contributed by atoms with Gasteiger partial charge in [-0.3, -0.25) is 9.78 Å². The molecular weight excluding hydrogens is 368 g/mol. The van der Waals surface area contributed by atoms with Crippen LogP contribution in [0.4, 0.5) is 13.2 Å². The Morgan fingerprint density at radius 2 is 2.17 bits per heavy atom. The van der Waals surface area contributed by atoms with Gasteiger partial charge in [-0.1, -0.05) is 0 Å². The molecule has 0 aromatic carbocycles. The van der Waals surface area contributed by atoms with Crippen LogP contribution in [0, 0.1) is 3.57 Å². The number of aromatic nitrogens is 1. The molecule has 5 nitrogen and oxygen atoms in total. The number of carbonyl (C=O) groups is 1. The number of aliphatic carboxylic acids is 1. The average molecular weight is 376 g/mol. The molecule has 1 aromatic rings. The summed E-state index contributed by atoms with van der Waals surface area (Å²) in [6.45, 7) is -0.122. The zero-order valence-electron chi connectivity index (χ0n) is 8.79. The Labute approximate surface area is 113 Å². The molecule has 0 fully saturated rings. The van der Waals surface area contributed by atoms with Crippen LogP contribution in [0.2, 0.25) is 0 Å². The summed E-state index contributed by atoms with van der Waals surface area (Å²) in [5, 5.41) is 8.64. The number of carboxylic acids is 1. The van der Waals surface area contributed by atoms with Gasteiger partial charge in [-0.2, -0.15) is 0 Å². The minimum atomic E-state index is -4.83. The number of halogens is 4. The molecule has 1 heterocycles. The molecule has 100 valence electrons. The fraction of sp³-hybridized carbons (Fsp3) is 0.333. The molecule has 0 spiro atoms. The van der Waals surface area contributed by atoms with Crippen molar-refractivity contribution in [2.75, 3.05) is 0 Å². The van der Waals surface area contributed by atoms with E-state index in [1.807, 2.05) is 0 Å². The molecule has 1 aromatic heterocycles. The third-order valence-electron chi connectivity index (χ3n) is 1.92. The number of alkyl halides is 3. The van der Waals surface area contributed by atoms with Crippen LogP contribution >= 0.6 is 22.6 Å². The average Bonchev–Trinajstić information content (AvgIpc) is 2.20. The van der Waals surface area contributed by atoms with E-state index >= 15 is 0 Å². The van der Waals surface area contributed by atoms with E-state index < -0.39 is 24.5 Å². The van der Waals surface area contributed by atoms with Gasteiger partial charge in [-0.05, 0) is 22.6 Å². The summed E-state index contributed by atoms with van der Waals surface area (Å²) in [5.41, 5.74) is 5.75. The molecule has 0 aliphatic carbocycles. The largest absolute Gasteiger partial charge is 0.573 e. The smallest absolute Gasteiger partial charge is 0.481 e. The van der Waals surface area contributed by atoms with Crippen molar-refractivity contribution >= 4 is 28.6 Å².